The van der Waals surface area contributed by atoms with Gasteiger partial charge in [0.1, 0.15) is 5.75 Å². The predicted molar refractivity (Wildman–Crippen MR) is 85.1 cm³/mol. The maximum atomic E-state index is 10.5. The van der Waals surface area contributed by atoms with E-state index < -0.39 is 6.10 Å². The van der Waals surface area contributed by atoms with Gasteiger partial charge < -0.3 is 9.84 Å². The number of aliphatic hydroxyl groups is 1. The first-order valence-electron chi connectivity index (χ1n) is 7.30. The summed E-state index contributed by atoms with van der Waals surface area (Å²) in [5, 5.41) is 11.2. The molecule has 0 aliphatic carbocycles. The van der Waals surface area contributed by atoms with Gasteiger partial charge >= 0.3 is 0 Å². The topological polar surface area (TPSA) is 29.5 Å². The highest BCUT2D eigenvalue weighted by Gasteiger charge is 2.24. The molecule has 0 spiro atoms. The van der Waals surface area contributed by atoms with Crippen molar-refractivity contribution in [2.45, 2.75) is 31.8 Å². The smallest absolute Gasteiger partial charge is 0.122 e. The third-order valence-electron chi connectivity index (χ3n) is 4.04. The van der Waals surface area contributed by atoms with Crippen LogP contribution >= 0.6 is 11.6 Å². The molecule has 1 N–H and O–H groups in total. The van der Waals surface area contributed by atoms with E-state index >= 15 is 0 Å². The molecule has 3 rings (SSSR count). The van der Waals surface area contributed by atoms with Crippen molar-refractivity contribution in [2.75, 3.05) is 6.61 Å². The monoisotopic (exact) mass is 302 g/mol. The Kier molecular flexibility index (Phi) is 4.18. The van der Waals surface area contributed by atoms with Gasteiger partial charge in [-0.15, -0.1) is 0 Å². The van der Waals surface area contributed by atoms with Crippen LogP contribution in [0.3, 0.4) is 0 Å². The molecule has 2 unspecified atom stereocenters. The number of para-hydroxylation sites is 1. The molecule has 2 aromatic carbocycles. The van der Waals surface area contributed by atoms with Gasteiger partial charge in [0, 0.05) is 5.02 Å². The maximum Gasteiger partial charge on any atom is 0.122 e. The summed E-state index contributed by atoms with van der Waals surface area (Å²) >= 11 is 6.09. The Balaban J connectivity index is 1.81. The van der Waals surface area contributed by atoms with Gasteiger partial charge in [-0.2, -0.15) is 0 Å². The Morgan fingerprint density at radius 1 is 1.29 bits per heavy atom. The molecule has 2 nitrogen and oxygen atoms in total. The van der Waals surface area contributed by atoms with Crippen molar-refractivity contribution in [1.82, 2.24) is 0 Å². The van der Waals surface area contributed by atoms with Crippen molar-refractivity contribution in [3.05, 3.63) is 64.2 Å². The summed E-state index contributed by atoms with van der Waals surface area (Å²) in [5.74, 6) is 1.27. The normalized spacial score (nSPS) is 18.7. The average molecular weight is 303 g/mol. The maximum absolute atomic E-state index is 10.5. The SMILES string of the molecule is Cc1cc(Cl)cc(C(O)CC2CCOc3ccccc32)c1. The third-order valence-corrected chi connectivity index (χ3v) is 4.26. The molecule has 1 heterocycles. The van der Waals surface area contributed by atoms with E-state index in [1.54, 1.807) is 0 Å². The summed E-state index contributed by atoms with van der Waals surface area (Å²) in [6.45, 7) is 2.70. The Bertz CT molecular complexity index is 619. The second-order valence-electron chi connectivity index (χ2n) is 5.69. The molecular formula is C18H19ClO2. The Hall–Kier alpha value is -1.51. The highest BCUT2D eigenvalue weighted by atomic mass is 35.5. The lowest BCUT2D eigenvalue weighted by molar-refractivity contribution is 0.145. The minimum atomic E-state index is -0.501. The van der Waals surface area contributed by atoms with Crippen molar-refractivity contribution in [3.8, 4) is 5.75 Å². The Morgan fingerprint density at radius 3 is 2.90 bits per heavy atom. The van der Waals surface area contributed by atoms with Crippen molar-refractivity contribution in [2.24, 2.45) is 0 Å². The van der Waals surface area contributed by atoms with Crippen molar-refractivity contribution >= 4 is 11.6 Å². The van der Waals surface area contributed by atoms with Gasteiger partial charge in [0.05, 0.1) is 12.7 Å². The first-order valence-corrected chi connectivity index (χ1v) is 7.68. The van der Waals surface area contributed by atoms with Gasteiger partial charge in [-0.1, -0.05) is 35.9 Å². The van der Waals surface area contributed by atoms with Gasteiger partial charge in [0.15, 0.2) is 0 Å². The first-order chi connectivity index (χ1) is 10.1. The molecule has 21 heavy (non-hydrogen) atoms. The molecule has 0 radical (unpaired) electrons. The molecular weight excluding hydrogens is 284 g/mol. The summed E-state index contributed by atoms with van der Waals surface area (Å²) in [5.41, 5.74) is 3.16. The molecule has 0 bridgehead atoms. The van der Waals surface area contributed by atoms with Crippen LogP contribution in [-0.2, 0) is 0 Å². The number of fused-ring (bicyclic) bond motifs is 1. The number of rotatable bonds is 3. The van der Waals surface area contributed by atoms with Crippen LogP contribution in [0.25, 0.3) is 0 Å². The highest BCUT2D eigenvalue weighted by molar-refractivity contribution is 6.30. The fourth-order valence-electron chi connectivity index (χ4n) is 3.02. The Labute approximate surface area is 130 Å². The molecule has 0 amide bonds. The van der Waals surface area contributed by atoms with E-state index in [0.717, 1.165) is 23.3 Å². The molecule has 0 aromatic heterocycles. The molecule has 1 aliphatic rings. The second-order valence-corrected chi connectivity index (χ2v) is 6.12. The van der Waals surface area contributed by atoms with Gasteiger partial charge in [0.2, 0.25) is 0 Å². The number of benzene rings is 2. The number of aryl methyl sites for hydroxylation is 1. The van der Waals surface area contributed by atoms with Gasteiger partial charge in [-0.05, 0) is 60.6 Å². The van der Waals surface area contributed by atoms with Crippen LogP contribution in [0, 0.1) is 6.92 Å². The number of halogens is 1. The Morgan fingerprint density at radius 2 is 2.10 bits per heavy atom. The number of aliphatic hydroxyl groups excluding tert-OH is 1. The average Bonchev–Trinajstić information content (AvgIpc) is 2.46. The van der Waals surface area contributed by atoms with Crippen LogP contribution in [-0.4, -0.2) is 11.7 Å². The molecule has 110 valence electrons. The zero-order chi connectivity index (χ0) is 14.8. The fourth-order valence-corrected chi connectivity index (χ4v) is 3.32. The van der Waals surface area contributed by atoms with Crippen molar-refractivity contribution in [3.63, 3.8) is 0 Å². The quantitative estimate of drug-likeness (QED) is 0.895. The largest absolute Gasteiger partial charge is 0.493 e. The predicted octanol–water partition coefficient (Wildman–Crippen LogP) is 4.64. The molecule has 0 fully saturated rings. The van der Waals surface area contributed by atoms with E-state index in [-0.39, 0.29) is 0 Å². The lowest BCUT2D eigenvalue weighted by Gasteiger charge is -2.27. The summed E-state index contributed by atoms with van der Waals surface area (Å²) in [4.78, 5) is 0. The van der Waals surface area contributed by atoms with E-state index in [4.69, 9.17) is 16.3 Å². The summed E-state index contributed by atoms with van der Waals surface area (Å²) in [6.07, 6.45) is 1.13. The lowest BCUT2D eigenvalue weighted by atomic mass is 9.86. The minimum Gasteiger partial charge on any atom is -0.493 e. The fraction of sp³-hybridized carbons (Fsp3) is 0.333. The summed E-state index contributed by atoms with van der Waals surface area (Å²) in [6, 6.07) is 13.9. The molecule has 0 saturated carbocycles. The molecule has 1 aliphatic heterocycles. The van der Waals surface area contributed by atoms with Crippen LogP contribution in [0.1, 0.15) is 41.6 Å². The van der Waals surface area contributed by atoms with Gasteiger partial charge in [0.25, 0.3) is 0 Å². The second kappa shape index (κ2) is 6.08. The van der Waals surface area contributed by atoms with E-state index in [1.165, 1.54) is 5.56 Å². The van der Waals surface area contributed by atoms with Crippen LogP contribution in [0.15, 0.2) is 42.5 Å². The van der Waals surface area contributed by atoms with Crippen molar-refractivity contribution < 1.29 is 9.84 Å². The van der Waals surface area contributed by atoms with Gasteiger partial charge in [-0.25, -0.2) is 0 Å². The van der Waals surface area contributed by atoms with E-state index in [0.29, 0.717) is 24.0 Å². The summed E-state index contributed by atoms with van der Waals surface area (Å²) < 4.78 is 5.68. The lowest BCUT2D eigenvalue weighted by Crippen LogP contribution is -2.16. The van der Waals surface area contributed by atoms with Crippen LogP contribution in [0.4, 0.5) is 0 Å². The number of hydrogen-bond donors (Lipinski definition) is 1. The molecule has 2 atom stereocenters. The molecule has 2 aromatic rings. The third kappa shape index (κ3) is 3.22. The molecule has 3 heteroatoms. The van der Waals surface area contributed by atoms with E-state index in [2.05, 4.69) is 6.07 Å². The van der Waals surface area contributed by atoms with E-state index in [9.17, 15) is 5.11 Å². The first kappa shape index (κ1) is 14.4. The van der Waals surface area contributed by atoms with Crippen LogP contribution < -0.4 is 4.74 Å². The molecule has 0 saturated heterocycles. The minimum absolute atomic E-state index is 0.323. The highest BCUT2D eigenvalue weighted by Crippen LogP contribution is 2.39. The number of ether oxygens (including phenoxy) is 1. The number of hydrogen-bond acceptors (Lipinski definition) is 2. The van der Waals surface area contributed by atoms with Crippen LogP contribution in [0.5, 0.6) is 5.75 Å². The standard InChI is InChI=1S/C18H19ClO2/c1-12-8-14(10-15(19)9-12)17(20)11-13-6-7-21-18-5-3-2-4-16(13)18/h2-5,8-10,13,17,20H,6-7,11H2,1H3. The van der Waals surface area contributed by atoms with Crippen molar-refractivity contribution in [1.29, 1.82) is 0 Å². The van der Waals surface area contributed by atoms with Crippen LogP contribution in [0.2, 0.25) is 5.02 Å². The zero-order valence-corrected chi connectivity index (χ0v) is 12.8. The summed E-state index contributed by atoms with van der Waals surface area (Å²) in [7, 11) is 0. The van der Waals surface area contributed by atoms with Gasteiger partial charge in [-0.3, -0.25) is 0 Å². The van der Waals surface area contributed by atoms with E-state index in [1.807, 2.05) is 43.3 Å². The zero-order valence-electron chi connectivity index (χ0n) is 12.1.